The molecule has 172 valence electrons. The van der Waals surface area contributed by atoms with Gasteiger partial charge in [0, 0.05) is 0 Å². The van der Waals surface area contributed by atoms with Crippen LogP contribution in [0.1, 0.15) is 5.56 Å². The summed E-state index contributed by atoms with van der Waals surface area (Å²) in [6.45, 7) is -0.312. The summed E-state index contributed by atoms with van der Waals surface area (Å²) < 4.78 is 20.7. The first-order valence-corrected chi connectivity index (χ1v) is 12.1. The van der Waals surface area contributed by atoms with Crippen LogP contribution in [0, 0.1) is 13.0 Å². The van der Waals surface area contributed by atoms with E-state index in [0.717, 1.165) is 0 Å². The molecule has 1 saturated heterocycles. The lowest BCUT2D eigenvalue weighted by Gasteiger charge is -2.14. The molecule has 0 radical (unpaired) electrons. The Morgan fingerprint density at radius 2 is 1.68 bits per heavy atom. The third-order valence-corrected chi connectivity index (χ3v) is 6.34. The monoisotopic (exact) mass is 683 g/mol. The summed E-state index contributed by atoms with van der Waals surface area (Å²) in [6.07, 6.45) is 1.51. The number of amides is 3. The second-order valence-corrected chi connectivity index (χ2v) is 9.43. The van der Waals surface area contributed by atoms with Crippen molar-refractivity contribution in [3.8, 4) is 5.75 Å². The fourth-order valence-electron chi connectivity index (χ4n) is 3.17. The summed E-state index contributed by atoms with van der Waals surface area (Å²) in [6, 6.07) is 18.2. The van der Waals surface area contributed by atoms with Crippen LogP contribution >= 0.6 is 45.2 Å². The van der Waals surface area contributed by atoms with Crippen molar-refractivity contribution in [3.63, 3.8) is 0 Å². The van der Waals surface area contributed by atoms with Crippen molar-refractivity contribution in [1.82, 2.24) is 5.43 Å². The zero-order chi connectivity index (χ0) is 24.2. The Labute approximate surface area is 221 Å². The molecule has 0 bridgehead atoms. The van der Waals surface area contributed by atoms with Crippen LogP contribution in [0.15, 0.2) is 72.3 Å². The Morgan fingerprint density at radius 1 is 1.03 bits per heavy atom. The van der Waals surface area contributed by atoms with E-state index in [1.165, 1.54) is 29.3 Å². The highest BCUT2D eigenvalue weighted by atomic mass is 127. The molecular weight excluding hydrogens is 667 g/mol. The Kier molecular flexibility index (Phi) is 7.46. The molecule has 1 aliphatic rings. The van der Waals surface area contributed by atoms with E-state index in [4.69, 9.17) is 4.74 Å². The van der Waals surface area contributed by atoms with Gasteiger partial charge in [0.15, 0.2) is 6.61 Å². The zero-order valence-electron chi connectivity index (χ0n) is 17.3. The number of carbonyl (C=O) groups is 3. The lowest BCUT2D eigenvalue weighted by Crippen LogP contribution is -2.35. The highest BCUT2D eigenvalue weighted by Gasteiger charge is 2.34. The van der Waals surface area contributed by atoms with Gasteiger partial charge < -0.3 is 10.1 Å². The molecule has 0 spiro atoms. The van der Waals surface area contributed by atoms with Crippen LogP contribution in [0.25, 0.3) is 6.08 Å². The van der Waals surface area contributed by atoms with Crippen LogP contribution in [0.2, 0.25) is 0 Å². The number of carbonyl (C=O) groups excluding carboxylic acids is 3. The molecule has 0 aromatic heterocycles. The molecule has 0 unspecified atom stereocenters. The second kappa shape index (κ2) is 10.5. The molecular formula is C24H16FI2N3O4. The number of hydrogen-bond donors (Lipinski definition) is 2. The number of hydrogen-bond acceptors (Lipinski definition) is 4. The number of anilines is 2. The molecule has 0 saturated carbocycles. The minimum atomic E-state index is -0.534. The van der Waals surface area contributed by atoms with Crippen LogP contribution in [-0.4, -0.2) is 24.3 Å². The number of nitrogens with one attached hydrogen (secondary N) is 2. The second-order valence-electron chi connectivity index (χ2n) is 7.11. The van der Waals surface area contributed by atoms with Crippen molar-refractivity contribution < 1.29 is 23.5 Å². The minimum absolute atomic E-state index is 0.00777. The molecule has 0 aliphatic carbocycles. The standard InChI is InChI=1S/C24H16FI2N3O4/c25-17-8-4-5-9-20(17)28-21(31)13-34-22-18(26)11-14(12-19(22)27)10-16-23(32)29-30(24(16)33)15-6-2-1-3-7-15/h1-12H,13H2,(H,28,31)(H,29,32)/b16-10-. The van der Waals surface area contributed by atoms with Crippen molar-refractivity contribution in [2.75, 3.05) is 16.9 Å². The molecule has 2 N–H and O–H groups in total. The van der Waals surface area contributed by atoms with E-state index in [-0.39, 0.29) is 17.9 Å². The summed E-state index contributed by atoms with van der Waals surface area (Å²) >= 11 is 4.10. The Bertz CT molecular complexity index is 1290. The third kappa shape index (κ3) is 5.38. The van der Waals surface area contributed by atoms with E-state index < -0.39 is 23.5 Å². The van der Waals surface area contributed by atoms with Gasteiger partial charge in [0.25, 0.3) is 17.7 Å². The van der Waals surface area contributed by atoms with Crippen molar-refractivity contribution >= 4 is 80.4 Å². The van der Waals surface area contributed by atoms with Gasteiger partial charge in [-0.05, 0) is 93.2 Å². The van der Waals surface area contributed by atoms with Crippen LogP contribution in [0.5, 0.6) is 5.75 Å². The molecule has 0 atom stereocenters. The van der Waals surface area contributed by atoms with E-state index in [9.17, 15) is 18.8 Å². The molecule has 3 aromatic rings. The molecule has 4 rings (SSSR count). The van der Waals surface area contributed by atoms with Gasteiger partial charge in [-0.3, -0.25) is 19.8 Å². The largest absolute Gasteiger partial charge is 0.482 e. The topological polar surface area (TPSA) is 87.7 Å². The number of ether oxygens (including phenoxy) is 1. The number of nitrogens with zero attached hydrogens (tertiary/aromatic N) is 1. The summed E-state index contributed by atoms with van der Waals surface area (Å²) in [5, 5.41) is 3.67. The van der Waals surface area contributed by atoms with Crippen molar-refractivity contribution in [2.24, 2.45) is 0 Å². The fraction of sp³-hybridized carbons (Fsp3) is 0.0417. The summed E-state index contributed by atoms with van der Waals surface area (Å²) in [5.74, 6) is -1.51. The maximum atomic E-state index is 13.7. The van der Waals surface area contributed by atoms with Gasteiger partial charge in [0.05, 0.1) is 18.5 Å². The quantitative estimate of drug-likeness (QED) is 0.228. The van der Waals surface area contributed by atoms with Crippen molar-refractivity contribution in [2.45, 2.75) is 0 Å². The highest BCUT2D eigenvalue weighted by molar-refractivity contribution is 14.1. The first kappa shape index (κ1) is 24.1. The van der Waals surface area contributed by atoms with Crippen LogP contribution in [0.4, 0.5) is 15.8 Å². The van der Waals surface area contributed by atoms with Crippen molar-refractivity contribution in [1.29, 1.82) is 0 Å². The molecule has 1 aliphatic heterocycles. The lowest BCUT2D eigenvalue weighted by molar-refractivity contribution is -0.118. The maximum Gasteiger partial charge on any atom is 0.282 e. The first-order valence-electron chi connectivity index (χ1n) is 9.92. The van der Waals surface area contributed by atoms with Crippen LogP contribution in [0.3, 0.4) is 0 Å². The van der Waals surface area contributed by atoms with E-state index in [2.05, 4.69) is 55.9 Å². The summed E-state index contributed by atoms with van der Waals surface area (Å²) in [5.41, 5.74) is 3.84. The smallest absolute Gasteiger partial charge is 0.282 e. The van der Waals surface area contributed by atoms with Crippen molar-refractivity contribution in [3.05, 3.63) is 90.8 Å². The van der Waals surface area contributed by atoms with Gasteiger partial charge in [-0.15, -0.1) is 0 Å². The Morgan fingerprint density at radius 3 is 2.35 bits per heavy atom. The zero-order valence-corrected chi connectivity index (χ0v) is 21.7. The minimum Gasteiger partial charge on any atom is -0.482 e. The molecule has 1 fully saturated rings. The number of hydrazine groups is 1. The number of rotatable bonds is 6. The highest BCUT2D eigenvalue weighted by Crippen LogP contribution is 2.31. The number of benzene rings is 3. The molecule has 34 heavy (non-hydrogen) atoms. The molecule has 7 nitrogen and oxygen atoms in total. The van der Waals surface area contributed by atoms with E-state index >= 15 is 0 Å². The van der Waals surface area contributed by atoms with Gasteiger partial charge in [0.2, 0.25) is 0 Å². The predicted molar refractivity (Wildman–Crippen MR) is 142 cm³/mol. The first-order chi connectivity index (χ1) is 16.3. The molecule has 1 heterocycles. The third-order valence-electron chi connectivity index (χ3n) is 4.73. The van der Waals surface area contributed by atoms with Gasteiger partial charge in [0.1, 0.15) is 17.1 Å². The average molecular weight is 683 g/mol. The molecule has 10 heteroatoms. The van der Waals surface area contributed by atoms with Gasteiger partial charge in [-0.2, -0.15) is 0 Å². The molecule has 3 amide bonds. The summed E-state index contributed by atoms with van der Waals surface area (Å²) in [7, 11) is 0. The van der Waals surface area contributed by atoms with Crippen LogP contribution < -0.4 is 20.5 Å². The SMILES string of the molecule is O=C(COc1c(I)cc(/C=C2/C(=O)NN(c3ccccc3)C2=O)cc1I)Nc1ccccc1F. The lowest BCUT2D eigenvalue weighted by atomic mass is 10.1. The molecule has 3 aromatic carbocycles. The van der Waals surface area contributed by atoms with Gasteiger partial charge in [-0.25, -0.2) is 9.40 Å². The Balaban J connectivity index is 1.47. The van der Waals surface area contributed by atoms with E-state index in [0.29, 0.717) is 24.1 Å². The van der Waals surface area contributed by atoms with E-state index in [1.54, 1.807) is 42.5 Å². The number of para-hydroxylation sites is 2. The fourth-order valence-corrected chi connectivity index (χ4v) is 5.30. The Hall–Kier alpha value is -3.00. The van der Waals surface area contributed by atoms with Gasteiger partial charge >= 0.3 is 0 Å². The predicted octanol–water partition coefficient (Wildman–Crippen LogP) is 4.51. The van der Waals surface area contributed by atoms with Crippen LogP contribution in [-0.2, 0) is 14.4 Å². The maximum absolute atomic E-state index is 13.7. The summed E-state index contributed by atoms with van der Waals surface area (Å²) in [4.78, 5) is 37.4. The number of halogens is 3. The average Bonchev–Trinajstić information content (AvgIpc) is 3.09. The van der Waals surface area contributed by atoms with E-state index in [1.807, 2.05) is 6.07 Å². The van der Waals surface area contributed by atoms with Gasteiger partial charge in [-0.1, -0.05) is 30.3 Å². The normalized spacial score (nSPS) is 14.3.